The first-order chi connectivity index (χ1) is 7.16. The fourth-order valence-electron chi connectivity index (χ4n) is 1.19. The molecule has 0 atom stereocenters. The van der Waals surface area contributed by atoms with Gasteiger partial charge >= 0.3 is 0 Å². The first-order valence-corrected chi connectivity index (χ1v) is 4.49. The van der Waals surface area contributed by atoms with Gasteiger partial charge < -0.3 is 0 Å². The van der Waals surface area contributed by atoms with Gasteiger partial charge in [-0.3, -0.25) is 4.79 Å². The molecule has 0 heterocycles. The van der Waals surface area contributed by atoms with E-state index >= 15 is 0 Å². The third kappa shape index (κ3) is 2.75. The first-order valence-electron chi connectivity index (χ1n) is 4.49. The molecule has 0 radical (unpaired) electrons. The molecule has 0 saturated heterocycles. The maximum atomic E-state index is 13.6. The Morgan fingerprint density at radius 3 is 2.93 bits per heavy atom. The highest BCUT2D eigenvalue weighted by Gasteiger charge is 2.08. The second-order valence-corrected chi connectivity index (χ2v) is 3.03. The molecule has 1 aromatic rings. The first kappa shape index (κ1) is 11.1. The monoisotopic (exact) mass is 203 g/mol. The predicted octanol–water partition coefficient (Wildman–Crippen LogP) is 2.96. The Kier molecular flexibility index (Phi) is 3.75. The fourth-order valence-corrected chi connectivity index (χ4v) is 1.19. The zero-order valence-electron chi connectivity index (χ0n) is 8.33. The summed E-state index contributed by atoms with van der Waals surface area (Å²) in [6, 6.07) is 6.54. The minimum absolute atomic E-state index is 0.0779. The van der Waals surface area contributed by atoms with E-state index in [-0.39, 0.29) is 17.8 Å². The van der Waals surface area contributed by atoms with Gasteiger partial charge in [-0.25, -0.2) is 4.39 Å². The number of rotatable bonds is 3. The number of Topliss-reactive ketones (excluding diaryl/α,β-unsaturated/α-hetero) is 1. The minimum atomic E-state index is -0.529. The molecule has 0 aliphatic rings. The number of hydrogen-bond donors (Lipinski definition) is 0. The molecule has 0 amide bonds. The summed E-state index contributed by atoms with van der Waals surface area (Å²) >= 11 is 0. The second-order valence-electron chi connectivity index (χ2n) is 3.03. The van der Waals surface area contributed by atoms with Crippen LogP contribution in [0.25, 0.3) is 6.08 Å². The molecule has 0 saturated carbocycles. The number of hydrogen-bond acceptors (Lipinski definition) is 2. The van der Waals surface area contributed by atoms with Crippen LogP contribution in [0.15, 0.2) is 24.3 Å². The Labute approximate surface area is 87.7 Å². The summed E-state index contributed by atoms with van der Waals surface area (Å²) in [5, 5.41) is 8.31. The van der Waals surface area contributed by atoms with Gasteiger partial charge in [-0.15, -0.1) is 0 Å². The van der Waals surface area contributed by atoms with Crippen molar-refractivity contribution >= 4 is 11.9 Å². The molecule has 0 spiro atoms. The van der Waals surface area contributed by atoms with Crippen molar-refractivity contribution in [2.75, 3.05) is 0 Å². The Morgan fingerprint density at radius 2 is 2.33 bits per heavy atom. The molecule has 0 aliphatic heterocycles. The summed E-state index contributed by atoms with van der Waals surface area (Å²) < 4.78 is 13.6. The Bertz CT molecular complexity index is 443. The van der Waals surface area contributed by atoms with Crippen LogP contribution in [0.2, 0.25) is 0 Å². The van der Waals surface area contributed by atoms with Gasteiger partial charge in [-0.05, 0) is 13.0 Å². The molecule has 0 bridgehead atoms. The second kappa shape index (κ2) is 5.06. The molecular weight excluding hydrogens is 193 g/mol. The fraction of sp³-hybridized carbons (Fsp3) is 0.167. The van der Waals surface area contributed by atoms with E-state index in [1.165, 1.54) is 19.1 Å². The number of halogens is 1. The molecule has 0 aromatic heterocycles. The van der Waals surface area contributed by atoms with Crippen LogP contribution in [0.5, 0.6) is 0 Å². The lowest BCUT2D eigenvalue weighted by Crippen LogP contribution is -1.98. The van der Waals surface area contributed by atoms with Gasteiger partial charge in [0.15, 0.2) is 5.78 Å². The van der Waals surface area contributed by atoms with E-state index in [0.29, 0.717) is 5.56 Å². The van der Waals surface area contributed by atoms with Crippen molar-refractivity contribution in [1.82, 2.24) is 0 Å². The summed E-state index contributed by atoms with van der Waals surface area (Å²) in [7, 11) is 0. The standard InChI is InChI=1S/C12H10FNO/c1-9(15)11-7-4-6-10(12(11)13)5-2-3-8-14/h2,4-7H,3H2,1H3. The van der Waals surface area contributed by atoms with Crippen molar-refractivity contribution in [1.29, 1.82) is 5.26 Å². The maximum absolute atomic E-state index is 13.6. The van der Waals surface area contributed by atoms with E-state index < -0.39 is 5.82 Å². The molecule has 2 nitrogen and oxygen atoms in total. The third-order valence-corrected chi connectivity index (χ3v) is 1.91. The van der Waals surface area contributed by atoms with Crippen molar-refractivity contribution in [2.45, 2.75) is 13.3 Å². The lowest BCUT2D eigenvalue weighted by atomic mass is 10.1. The summed E-state index contributed by atoms with van der Waals surface area (Å²) in [6.07, 6.45) is 3.29. The van der Waals surface area contributed by atoms with E-state index in [0.717, 1.165) is 0 Å². The van der Waals surface area contributed by atoms with Gasteiger partial charge in [0.2, 0.25) is 0 Å². The van der Waals surface area contributed by atoms with Crippen LogP contribution in [0.4, 0.5) is 4.39 Å². The van der Waals surface area contributed by atoms with Gasteiger partial charge in [0.05, 0.1) is 18.1 Å². The quantitative estimate of drug-likeness (QED) is 0.708. The average Bonchev–Trinajstić information content (AvgIpc) is 2.20. The van der Waals surface area contributed by atoms with Crippen LogP contribution < -0.4 is 0 Å². The highest BCUT2D eigenvalue weighted by Crippen LogP contribution is 2.15. The predicted molar refractivity (Wildman–Crippen MR) is 55.7 cm³/mol. The number of carbonyl (C=O) groups excluding carboxylic acids is 1. The van der Waals surface area contributed by atoms with Crippen LogP contribution in [0, 0.1) is 17.1 Å². The smallest absolute Gasteiger partial charge is 0.162 e. The van der Waals surface area contributed by atoms with Gasteiger partial charge in [-0.2, -0.15) is 5.26 Å². The Morgan fingerprint density at radius 1 is 1.60 bits per heavy atom. The molecule has 15 heavy (non-hydrogen) atoms. The van der Waals surface area contributed by atoms with E-state index in [4.69, 9.17) is 5.26 Å². The molecule has 3 heteroatoms. The molecule has 1 aromatic carbocycles. The van der Waals surface area contributed by atoms with E-state index in [2.05, 4.69) is 0 Å². The number of nitrogens with zero attached hydrogens (tertiary/aromatic N) is 1. The van der Waals surface area contributed by atoms with E-state index in [1.807, 2.05) is 6.07 Å². The van der Waals surface area contributed by atoms with E-state index in [9.17, 15) is 9.18 Å². The Balaban J connectivity index is 3.06. The number of allylic oxidation sites excluding steroid dienone is 1. The third-order valence-electron chi connectivity index (χ3n) is 1.91. The topological polar surface area (TPSA) is 40.9 Å². The zero-order valence-corrected chi connectivity index (χ0v) is 8.33. The SMILES string of the molecule is CC(=O)c1cccc(C=CCC#N)c1F. The molecule has 0 N–H and O–H groups in total. The maximum Gasteiger partial charge on any atom is 0.162 e. The number of carbonyl (C=O) groups is 1. The highest BCUT2D eigenvalue weighted by molar-refractivity contribution is 5.94. The number of benzene rings is 1. The van der Waals surface area contributed by atoms with Crippen molar-refractivity contribution in [3.63, 3.8) is 0 Å². The molecule has 0 unspecified atom stereocenters. The average molecular weight is 203 g/mol. The van der Waals surface area contributed by atoms with Crippen LogP contribution in [0.3, 0.4) is 0 Å². The van der Waals surface area contributed by atoms with Gasteiger partial charge in [0.1, 0.15) is 5.82 Å². The van der Waals surface area contributed by atoms with Crippen LogP contribution in [0.1, 0.15) is 29.3 Å². The zero-order chi connectivity index (χ0) is 11.3. The summed E-state index contributed by atoms with van der Waals surface area (Å²) in [4.78, 5) is 11.0. The van der Waals surface area contributed by atoms with Crippen LogP contribution >= 0.6 is 0 Å². The normalized spacial score (nSPS) is 10.2. The lowest BCUT2D eigenvalue weighted by Gasteiger charge is -2.01. The van der Waals surface area contributed by atoms with Crippen LogP contribution in [-0.4, -0.2) is 5.78 Å². The Hall–Kier alpha value is -1.95. The van der Waals surface area contributed by atoms with Crippen molar-refractivity contribution in [2.24, 2.45) is 0 Å². The van der Waals surface area contributed by atoms with Gasteiger partial charge in [0.25, 0.3) is 0 Å². The minimum Gasteiger partial charge on any atom is -0.294 e. The van der Waals surface area contributed by atoms with E-state index in [1.54, 1.807) is 18.2 Å². The van der Waals surface area contributed by atoms with Crippen molar-refractivity contribution < 1.29 is 9.18 Å². The molecule has 76 valence electrons. The summed E-state index contributed by atoms with van der Waals surface area (Å²) in [5.74, 6) is -0.831. The highest BCUT2D eigenvalue weighted by atomic mass is 19.1. The summed E-state index contributed by atoms with van der Waals surface area (Å²) in [5.41, 5.74) is 0.409. The van der Waals surface area contributed by atoms with Crippen molar-refractivity contribution in [3.05, 3.63) is 41.2 Å². The molecular formula is C12H10FNO. The lowest BCUT2D eigenvalue weighted by molar-refractivity contribution is 0.101. The van der Waals surface area contributed by atoms with Crippen LogP contribution in [-0.2, 0) is 0 Å². The van der Waals surface area contributed by atoms with Gasteiger partial charge in [0, 0.05) is 5.56 Å². The molecule has 0 fully saturated rings. The van der Waals surface area contributed by atoms with Crippen molar-refractivity contribution in [3.8, 4) is 6.07 Å². The molecule has 1 rings (SSSR count). The largest absolute Gasteiger partial charge is 0.294 e. The number of ketones is 1. The number of nitriles is 1. The summed E-state index contributed by atoms with van der Waals surface area (Å²) in [6.45, 7) is 1.32. The van der Waals surface area contributed by atoms with Gasteiger partial charge in [-0.1, -0.05) is 24.3 Å². The molecule has 0 aliphatic carbocycles.